The van der Waals surface area contributed by atoms with E-state index in [2.05, 4.69) is 14.7 Å². The van der Waals surface area contributed by atoms with Crippen molar-refractivity contribution in [1.29, 1.82) is 0 Å². The van der Waals surface area contributed by atoms with Crippen molar-refractivity contribution in [2.24, 2.45) is 5.73 Å². The van der Waals surface area contributed by atoms with E-state index in [0.717, 1.165) is 12.8 Å². The van der Waals surface area contributed by atoms with Crippen LogP contribution in [0.25, 0.3) is 0 Å². The Morgan fingerprint density at radius 2 is 2.19 bits per heavy atom. The lowest BCUT2D eigenvalue weighted by Gasteiger charge is -2.09. The molecule has 1 aromatic heterocycles. The predicted molar refractivity (Wildman–Crippen MR) is 56.3 cm³/mol. The summed E-state index contributed by atoms with van der Waals surface area (Å²) in [6, 6.07) is -0.0803. The van der Waals surface area contributed by atoms with Crippen LogP contribution < -0.4 is 11.1 Å². The van der Waals surface area contributed by atoms with Crippen molar-refractivity contribution in [2.45, 2.75) is 32.0 Å². The molecular formula is C8H13F3N4S. The maximum absolute atomic E-state index is 12.2. The van der Waals surface area contributed by atoms with Gasteiger partial charge in [-0.05, 0) is 6.42 Å². The predicted octanol–water partition coefficient (Wildman–Crippen LogP) is 2.10. The lowest BCUT2D eigenvalue weighted by atomic mass is 10.2. The molecule has 1 rings (SSSR count). The first-order valence-electron chi connectivity index (χ1n) is 4.83. The molecule has 0 aliphatic heterocycles. The van der Waals surface area contributed by atoms with E-state index in [-0.39, 0.29) is 11.2 Å². The van der Waals surface area contributed by atoms with Crippen LogP contribution in [0.15, 0.2) is 0 Å². The number of aromatic nitrogens is 2. The number of rotatable bonds is 5. The maximum atomic E-state index is 12.2. The summed E-state index contributed by atoms with van der Waals surface area (Å²) in [4.78, 5) is 3.33. The lowest BCUT2D eigenvalue weighted by Crippen LogP contribution is -2.28. The largest absolute Gasteiger partial charge is 0.452 e. The summed E-state index contributed by atoms with van der Waals surface area (Å²) in [5, 5.41) is 2.89. The number of alkyl halides is 3. The van der Waals surface area contributed by atoms with Crippen LogP contribution in [0.2, 0.25) is 0 Å². The molecule has 1 aromatic rings. The van der Waals surface area contributed by atoms with Crippen LogP contribution in [0, 0.1) is 0 Å². The van der Waals surface area contributed by atoms with Gasteiger partial charge in [0.2, 0.25) is 11.0 Å². The summed E-state index contributed by atoms with van der Waals surface area (Å²) in [7, 11) is 0. The second kappa shape index (κ2) is 5.44. The van der Waals surface area contributed by atoms with Gasteiger partial charge in [-0.25, -0.2) is 0 Å². The minimum Gasteiger partial charge on any atom is -0.359 e. The van der Waals surface area contributed by atoms with Crippen LogP contribution in [0.4, 0.5) is 18.3 Å². The van der Waals surface area contributed by atoms with E-state index in [1.807, 2.05) is 6.92 Å². The van der Waals surface area contributed by atoms with E-state index in [1.54, 1.807) is 0 Å². The van der Waals surface area contributed by atoms with Crippen LogP contribution in [-0.2, 0) is 6.18 Å². The molecule has 0 amide bonds. The van der Waals surface area contributed by atoms with Gasteiger partial charge < -0.3 is 11.1 Å². The van der Waals surface area contributed by atoms with Gasteiger partial charge >= 0.3 is 6.18 Å². The third kappa shape index (κ3) is 3.93. The molecule has 0 aliphatic carbocycles. The minimum absolute atomic E-state index is 0.0803. The summed E-state index contributed by atoms with van der Waals surface area (Å²) < 4.78 is 39.7. The fourth-order valence-corrected chi connectivity index (χ4v) is 1.69. The molecule has 1 heterocycles. The Bertz CT molecular complexity index is 325. The quantitative estimate of drug-likeness (QED) is 0.844. The highest BCUT2D eigenvalue weighted by molar-refractivity contribution is 7.09. The number of hydrogen-bond donors (Lipinski definition) is 2. The summed E-state index contributed by atoms with van der Waals surface area (Å²) in [5.41, 5.74) is 5.70. The molecule has 0 radical (unpaired) electrons. The molecule has 0 aromatic carbocycles. The number of nitrogens with two attached hydrogens (primary N) is 1. The Morgan fingerprint density at radius 1 is 1.50 bits per heavy atom. The van der Waals surface area contributed by atoms with Gasteiger partial charge in [0, 0.05) is 24.1 Å². The highest BCUT2D eigenvalue weighted by Crippen LogP contribution is 2.28. The second-order valence-corrected chi connectivity index (χ2v) is 4.10. The highest BCUT2D eigenvalue weighted by Gasteiger charge is 2.36. The highest BCUT2D eigenvalue weighted by atomic mass is 32.1. The standard InChI is InChI=1S/C8H13F3N4S/c1-2-3-5(12)4-13-7-14-6(15-16-7)8(9,10)11/h5H,2-4,12H2,1H3,(H,13,14,15). The number of hydrogen-bond acceptors (Lipinski definition) is 5. The average Bonchev–Trinajstić information content (AvgIpc) is 2.63. The van der Waals surface area contributed by atoms with Crippen molar-refractivity contribution in [3.05, 3.63) is 5.82 Å². The maximum Gasteiger partial charge on any atom is 0.452 e. The van der Waals surface area contributed by atoms with Crippen LogP contribution >= 0.6 is 11.5 Å². The van der Waals surface area contributed by atoms with Gasteiger partial charge in [-0.3, -0.25) is 0 Å². The molecule has 4 nitrogen and oxygen atoms in total. The SMILES string of the molecule is CCCC(N)CNc1nc(C(F)(F)F)ns1. The van der Waals surface area contributed by atoms with E-state index in [1.165, 1.54) is 0 Å². The number of nitrogens with one attached hydrogen (secondary N) is 1. The summed E-state index contributed by atoms with van der Waals surface area (Å²) in [6.45, 7) is 2.40. The van der Waals surface area contributed by atoms with E-state index in [0.29, 0.717) is 18.1 Å². The Balaban J connectivity index is 2.47. The molecule has 8 heteroatoms. The Labute approximate surface area is 95.2 Å². The normalized spacial score (nSPS) is 13.8. The van der Waals surface area contributed by atoms with Crippen molar-refractivity contribution >= 4 is 16.7 Å². The molecule has 92 valence electrons. The first-order chi connectivity index (χ1) is 7.43. The molecule has 1 atom stereocenters. The van der Waals surface area contributed by atoms with Crippen LogP contribution in [-0.4, -0.2) is 21.9 Å². The molecule has 0 fully saturated rings. The fraction of sp³-hybridized carbons (Fsp3) is 0.750. The van der Waals surface area contributed by atoms with E-state index in [9.17, 15) is 13.2 Å². The Kier molecular flexibility index (Phi) is 4.48. The number of halogens is 3. The monoisotopic (exact) mass is 254 g/mol. The zero-order valence-electron chi connectivity index (χ0n) is 8.71. The first-order valence-corrected chi connectivity index (χ1v) is 5.61. The van der Waals surface area contributed by atoms with E-state index in [4.69, 9.17) is 5.73 Å². The van der Waals surface area contributed by atoms with Gasteiger partial charge in [0.25, 0.3) is 0 Å². The lowest BCUT2D eigenvalue weighted by molar-refractivity contribution is -0.144. The third-order valence-corrected chi connectivity index (χ3v) is 2.53. The van der Waals surface area contributed by atoms with Gasteiger partial charge in [0.15, 0.2) is 0 Å². The van der Waals surface area contributed by atoms with Crippen molar-refractivity contribution in [3.63, 3.8) is 0 Å². The van der Waals surface area contributed by atoms with Gasteiger partial charge in [-0.15, -0.1) is 0 Å². The summed E-state index contributed by atoms with van der Waals surface area (Å²) in [5.74, 6) is -1.11. The Morgan fingerprint density at radius 3 is 2.69 bits per heavy atom. The summed E-state index contributed by atoms with van der Waals surface area (Å²) in [6.07, 6.45) is -2.73. The topological polar surface area (TPSA) is 63.8 Å². The molecular weight excluding hydrogens is 241 g/mol. The molecule has 1 unspecified atom stereocenters. The smallest absolute Gasteiger partial charge is 0.359 e. The van der Waals surface area contributed by atoms with Gasteiger partial charge in [0.05, 0.1) is 0 Å². The second-order valence-electron chi connectivity index (χ2n) is 3.35. The zero-order chi connectivity index (χ0) is 12.2. The van der Waals surface area contributed by atoms with E-state index < -0.39 is 12.0 Å². The third-order valence-electron chi connectivity index (χ3n) is 1.85. The van der Waals surface area contributed by atoms with Crippen LogP contribution in [0.1, 0.15) is 25.6 Å². The Hall–Kier alpha value is -0.890. The first kappa shape index (κ1) is 13.2. The zero-order valence-corrected chi connectivity index (χ0v) is 9.53. The van der Waals surface area contributed by atoms with E-state index >= 15 is 0 Å². The van der Waals surface area contributed by atoms with Gasteiger partial charge in [-0.1, -0.05) is 13.3 Å². The average molecular weight is 254 g/mol. The summed E-state index contributed by atoms with van der Waals surface area (Å²) >= 11 is 0.689. The molecule has 3 N–H and O–H groups in total. The van der Waals surface area contributed by atoms with Crippen LogP contribution in [0.5, 0.6) is 0 Å². The van der Waals surface area contributed by atoms with Crippen molar-refractivity contribution < 1.29 is 13.2 Å². The molecule has 0 saturated carbocycles. The molecule has 0 aliphatic rings. The van der Waals surface area contributed by atoms with Gasteiger partial charge in [-0.2, -0.15) is 22.5 Å². The number of anilines is 1. The van der Waals surface area contributed by atoms with Gasteiger partial charge in [0.1, 0.15) is 0 Å². The molecule has 0 saturated heterocycles. The fourth-order valence-electron chi connectivity index (χ4n) is 1.10. The number of nitrogens with zero attached hydrogens (tertiary/aromatic N) is 2. The molecule has 0 bridgehead atoms. The van der Waals surface area contributed by atoms with Crippen molar-refractivity contribution in [1.82, 2.24) is 9.36 Å². The van der Waals surface area contributed by atoms with Crippen LogP contribution in [0.3, 0.4) is 0 Å². The van der Waals surface area contributed by atoms with Crippen molar-refractivity contribution in [2.75, 3.05) is 11.9 Å². The molecule has 16 heavy (non-hydrogen) atoms. The molecule has 0 spiro atoms. The minimum atomic E-state index is -4.48. The van der Waals surface area contributed by atoms with Crippen molar-refractivity contribution in [3.8, 4) is 0 Å².